The third kappa shape index (κ3) is 5.41. The molecule has 2 N–H and O–H groups in total. The first-order valence-electron chi connectivity index (χ1n) is 13.5. The third-order valence-corrected chi connectivity index (χ3v) is 7.17. The Morgan fingerprint density at radius 2 is 2.00 bits per heavy atom. The third-order valence-electron chi connectivity index (χ3n) is 7.17. The highest BCUT2D eigenvalue weighted by molar-refractivity contribution is 6.00. The zero-order valence-electron chi connectivity index (χ0n) is 22.6. The van der Waals surface area contributed by atoms with Crippen LogP contribution in [-0.4, -0.2) is 49.4 Å². The number of carbonyl (C=O) groups excluding carboxylic acids is 1. The molecule has 40 heavy (non-hydrogen) atoms. The minimum Gasteiger partial charge on any atom is -0.437 e. The molecule has 1 aliphatic heterocycles. The monoisotopic (exact) mass is 533 g/mol. The van der Waals surface area contributed by atoms with Crippen molar-refractivity contribution in [1.29, 1.82) is 0 Å². The Kier molecular flexibility index (Phi) is 7.20. The second-order valence-corrected chi connectivity index (χ2v) is 10.2. The van der Waals surface area contributed by atoms with Crippen molar-refractivity contribution in [2.24, 2.45) is 7.05 Å². The fraction of sp³-hybridized carbons (Fsp3) is 0.258. The van der Waals surface area contributed by atoms with Crippen LogP contribution in [0.4, 0.5) is 5.95 Å². The molecule has 0 saturated carbocycles. The van der Waals surface area contributed by atoms with Gasteiger partial charge in [-0.2, -0.15) is 0 Å². The second kappa shape index (κ2) is 11.2. The molecule has 202 valence electrons. The van der Waals surface area contributed by atoms with Gasteiger partial charge in [-0.25, -0.2) is 19.9 Å². The number of hydrogen-bond donors (Lipinski definition) is 2. The zero-order chi connectivity index (χ0) is 27.5. The van der Waals surface area contributed by atoms with Gasteiger partial charge in [0.2, 0.25) is 11.8 Å². The van der Waals surface area contributed by atoms with Crippen molar-refractivity contribution < 1.29 is 9.53 Å². The number of hydrogen-bond acceptors (Lipinski definition) is 8. The van der Waals surface area contributed by atoms with Crippen LogP contribution in [0.2, 0.25) is 0 Å². The summed E-state index contributed by atoms with van der Waals surface area (Å²) >= 11 is 0. The smallest absolute Gasteiger partial charge is 0.228 e. The van der Waals surface area contributed by atoms with E-state index in [2.05, 4.69) is 25.6 Å². The standard InChI is InChI=1S/C31H31N7O2/c1-20-10-11-23-21(16-28(39)27-18-38(2)19-35-27)6-3-8-24(23)29(20)40-30-25(9-5-14-33-30)26-12-15-34-31(37-26)36-22-7-4-13-32-17-22/h3,5-6,8-12,14-15,18-19,22,32H,4,7,13,16-17H2,1-2H3,(H,34,36,37)/t22-/m0/s1. The summed E-state index contributed by atoms with van der Waals surface area (Å²) in [5, 5.41) is 8.73. The molecule has 2 aromatic carbocycles. The van der Waals surface area contributed by atoms with Crippen LogP contribution >= 0.6 is 0 Å². The van der Waals surface area contributed by atoms with E-state index in [0.29, 0.717) is 29.3 Å². The van der Waals surface area contributed by atoms with Crippen LogP contribution in [0.3, 0.4) is 0 Å². The first-order valence-corrected chi connectivity index (χ1v) is 13.5. The quantitative estimate of drug-likeness (QED) is 0.265. The maximum absolute atomic E-state index is 12.9. The fourth-order valence-electron chi connectivity index (χ4n) is 5.11. The highest BCUT2D eigenvalue weighted by Crippen LogP contribution is 2.37. The van der Waals surface area contributed by atoms with Crippen molar-refractivity contribution in [1.82, 2.24) is 29.8 Å². The summed E-state index contributed by atoms with van der Waals surface area (Å²) in [6, 6.07) is 16.0. The Labute approximate surface area is 232 Å². The topological polar surface area (TPSA) is 107 Å². The average Bonchev–Trinajstić information content (AvgIpc) is 3.42. The zero-order valence-corrected chi connectivity index (χ0v) is 22.6. The van der Waals surface area contributed by atoms with Crippen molar-refractivity contribution in [2.75, 3.05) is 18.4 Å². The summed E-state index contributed by atoms with van der Waals surface area (Å²) in [6.45, 7) is 3.95. The molecule has 3 aromatic heterocycles. The first-order chi connectivity index (χ1) is 19.5. The van der Waals surface area contributed by atoms with Crippen LogP contribution in [-0.2, 0) is 13.5 Å². The number of ether oxygens (including phenoxy) is 1. The molecule has 5 aromatic rings. The second-order valence-electron chi connectivity index (χ2n) is 10.2. The molecule has 1 saturated heterocycles. The van der Waals surface area contributed by atoms with Gasteiger partial charge in [0.05, 0.1) is 17.6 Å². The molecular formula is C31H31N7O2. The molecule has 6 rings (SSSR count). The predicted octanol–water partition coefficient (Wildman–Crippen LogP) is 5.12. The van der Waals surface area contributed by atoms with E-state index >= 15 is 0 Å². The average molecular weight is 534 g/mol. The Balaban J connectivity index is 1.31. The highest BCUT2D eigenvalue weighted by Gasteiger charge is 2.18. The largest absolute Gasteiger partial charge is 0.437 e. The van der Waals surface area contributed by atoms with Crippen molar-refractivity contribution in [3.05, 3.63) is 90.3 Å². The van der Waals surface area contributed by atoms with E-state index in [-0.39, 0.29) is 12.2 Å². The Morgan fingerprint density at radius 3 is 2.83 bits per heavy atom. The Bertz CT molecular complexity index is 1670. The molecule has 9 nitrogen and oxygen atoms in total. The summed E-state index contributed by atoms with van der Waals surface area (Å²) < 4.78 is 8.32. The first kappa shape index (κ1) is 25.6. The van der Waals surface area contributed by atoms with Crippen molar-refractivity contribution in [3.8, 4) is 22.9 Å². The molecule has 1 fully saturated rings. The van der Waals surface area contributed by atoms with E-state index in [1.165, 1.54) is 0 Å². The maximum Gasteiger partial charge on any atom is 0.228 e. The molecule has 0 bridgehead atoms. The summed E-state index contributed by atoms with van der Waals surface area (Å²) in [7, 11) is 1.85. The van der Waals surface area contributed by atoms with Gasteiger partial charge in [0, 0.05) is 50.0 Å². The number of rotatable bonds is 8. The van der Waals surface area contributed by atoms with Crippen molar-refractivity contribution in [2.45, 2.75) is 32.2 Å². The minimum absolute atomic E-state index is 0.0275. The number of nitrogens with zero attached hydrogens (tertiary/aromatic N) is 5. The van der Waals surface area contributed by atoms with Gasteiger partial charge in [-0.1, -0.05) is 30.3 Å². The van der Waals surface area contributed by atoms with E-state index in [1.54, 1.807) is 29.5 Å². The molecular weight excluding hydrogens is 502 g/mol. The molecule has 0 radical (unpaired) electrons. The van der Waals surface area contributed by atoms with Crippen LogP contribution in [0, 0.1) is 6.92 Å². The fourth-order valence-corrected chi connectivity index (χ4v) is 5.11. The van der Waals surface area contributed by atoms with Crippen LogP contribution < -0.4 is 15.4 Å². The number of carbonyl (C=O) groups is 1. The van der Waals surface area contributed by atoms with Crippen LogP contribution in [0.5, 0.6) is 11.6 Å². The molecule has 0 aliphatic carbocycles. The summed E-state index contributed by atoms with van der Waals surface area (Å²) in [5.74, 6) is 1.72. The lowest BCUT2D eigenvalue weighted by molar-refractivity contribution is 0.0989. The lowest BCUT2D eigenvalue weighted by Crippen LogP contribution is -2.38. The van der Waals surface area contributed by atoms with Gasteiger partial charge < -0.3 is 19.9 Å². The summed E-state index contributed by atoms with van der Waals surface area (Å²) in [5.41, 5.74) is 3.84. The van der Waals surface area contributed by atoms with Crippen LogP contribution in [0.1, 0.15) is 34.5 Å². The van der Waals surface area contributed by atoms with Gasteiger partial charge in [-0.15, -0.1) is 0 Å². The summed E-state index contributed by atoms with van der Waals surface area (Å²) in [4.78, 5) is 31.0. The molecule has 0 unspecified atom stereocenters. The Morgan fingerprint density at radius 1 is 1.07 bits per heavy atom. The van der Waals surface area contributed by atoms with Crippen molar-refractivity contribution >= 4 is 22.5 Å². The van der Waals surface area contributed by atoms with E-state index in [1.807, 2.05) is 62.5 Å². The number of aryl methyl sites for hydroxylation is 2. The molecule has 1 atom stereocenters. The minimum atomic E-state index is -0.0275. The molecule has 1 aliphatic rings. The van der Waals surface area contributed by atoms with Crippen LogP contribution in [0.25, 0.3) is 22.0 Å². The van der Waals surface area contributed by atoms with Crippen molar-refractivity contribution in [3.63, 3.8) is 0 Å². The number of anilines is 1. The van der Waals surface area contributed by atoms with Crippen LogP contribution in [0.15, 0.2) is 73.4 Å². The highest BCUT2D eigenvalue weighted by atomic mass is 16.5. The van der Waals surface area contributed by atoms with Gasteiger partial charge in [-0.3, -0.25) is 4.79 Å². The van der Waals surface area contributed by atoms with Gasteiger partial charge in [0.15, 0.2) is 5.78 Å². The van der Waals surface area contributed by atoms with Gasteiger partial charge in [-0.05, 0) is 61.0 Å². The van der Waals surface area contributed by atoms with Gasteiger partial charge >= 0.3 is 0 Å². The number of ketones is 1. The number of fused-ring (bicyclic) bond motifs is 1. The predicted molar refractivity (Wildman–Crippen MR) is 155 cm³/mol. The number of piperidine rings is 1. The number of imidazole rings is 1. The molecule has 9 heteroatoms. The van der Waals surface area contributed by atoms with Gasteiger partial charge in [0.1, 0.15) is 11.4 Å². The van der Waals surface area contributed by atoms with Gasteiger partial charge in [0.25, 0.3) is 0 Å². The molecule has 4 heterocycles. The normalized spacial score (nSPS) is 15.2. The lowest BCUT2D eigenvalue weighted by Gasteiger charge is -2.23. The molecule has 0 amide bonds. The number of pyridine rings is 1. The number of benzene rings is 2. The van der Waals surface area contributed by atoms with E-state index in [4.69, 9.17) is 9.72 Å². The number of Topliss-reactive ketones (excluding diaryl/α,β-unsaturated/α-hetero) is 1. The van der Waals surface area contributed by atoms with E-state index in [9.17, 15) is 4.79 Å². The van der Waals surface area contributed by atoms with E-state index < -0.39 is 0 Å². The number of nitrogens with one attached hydrogen (secondary N) is 2. The lowest BCUT2D eigenvalue weighted by atomic mass is 9.97. The SMILES string of the molecule is Cc1ccc2c(CC(=O)c3cn(C)cn3)cccc2c1Oc1ncccc1-c1ccnc(N[C@H]2CCCNC2)n1. The molecule has 0 spiro atoms. The number of aromatic nitrogens is 5. The summed E-state index contributed by atoms with van der Waals surface area (Å²) in [6.07, 6.45) is 9.31. The van der Waals surface area contributed by atoms with E-state index in [0.717, 1.165) is 59.1 Å². The maximum atomic E-state index is 12.9. The Hall–Kier alpha value is -4.63.